The Morgan fingerprint density at radius 1 is 1.30 bits per heavy atom. The molecule has 0 radical (unpaired) electrons. The van der Waals surface area contributed by atoms with Crippen molar-refractivity contribution >= 4 is 5.96 Å². The largest absolute Gasteiger partial charge is 0.489 e. The summed E-state index contributed by atoms with van der Waals surface area (Å²) in [5, 5.41) is 16.9. The highest BCUT2D eigenvalue weighted by atomic mass is 19.1. The number of aliphatic imine (C=N–C) groups is 1. The lowest BCUT2D eigenvalue weighted by atomic mass is 10.0. The number of nitrogens with zero attached hydrogens (tertiary/aromatic N) is 1. The predicted molar refractivity (Wildman–Crippen MR) is 103 cm³/mol. The minimum Gasteiger partial charge on any atom is -0.489 e. The standard InChI is InChI=1S/C20H28FN3O3/c1-4-16(27-17-9-6-8-15(21)12-17)13-23-19(22-5-2)24-14-20(3,25)18-10-7-11-26-18/h6-12,16,25H,4-5,13-14H2,1-3H3,(H2,22,23,24). The molecule has 27 heavy (non-hydrogen) atoms. The Hall–Kier alpha value is -2.54. The quantitative estimate of drug-likeness (QED) is 0.462. The second-order valence-electron chi connectivity index (χ2n) is 6.43. The van der Waals surface area contributed by atoms with Crippen LogP contribution in [0.3, 0.4) is 0 Å². The van der Waals surface area contributed by atoms with Gasteiger partial charge in [0.05, 0.1) is 19.4 Å². The van der Waals surface area contributed by atoms with Crippen LogP contribution in [0.4, 0.5) is 4.39 Å². The number of hydrogen-bond acceptors (Lipinski definition) is 4. The Bertz CT molecular complexity index is 717. The number of nitrogens with one attached hydrogen (secondary N) is 2. The summed E-state index contributed by atoms with van der Waals surface area (Å²) in [5.74, 6) is 1.19. The first kappa shape index (κ1) is 20.8. The first-order valence-electron chi connectivity index (χ1n) is 9.15. The van der Waals surface area contributed by atoms with Crippen LogP contribution in [0.25, 0.3) is 0 Å². The van der Waals surface area contributed by atoms with E-state index in [1.54, 1.807) is 31.2 Å². The Morgan fingerprint density at radius 3 is 2.74 bits per heavy atom. The first-order chi connectivity index (χ1) is 12.9. The molecule has 0 spiro atoms. The molecule has 7 heteroatoms. The molecule has 6 nitrogen and oxygen atoms in total. The van der Waals surface area contributed by atoms with Gasteiger partial charge in [0.1, 0.15) is 29.0 Å². The molecule has 148 valence electrons. The van der Waals surface area contributed by atoms with Crippen LogP contribution in [-0.2, 0) is 5.60 Å². The number of furan rings is 1. The van der Waals surface area contributed by atoms with E-state index in [0.29, 0.717) is 30.6 Å². The third-order valence-electron chi connectivity index (χ3n) is 3.99. The topological polar surface area (TPSA) is 79.0 Å². The molecule has 1 aromatic heterocycles. The zero-order valence-electron chi connectivity index (χ0n) is 16.0. The van der Waals surface area contributed by atoms with Gasteiger partial charge in [0, 0.05) is 12.6 Å². The Morgan fingerprint density at radius 2 is 2.11 bits per heavy atom. The third-order valence-corrected chi connectivity index (χ3v) is 3.99. The monoisotopic (exact) mass is 377 g/mol. The molecule has 0 aliphatic carbocycles. The number of rotatable bonds is 9. The molecule has 0 bridgehead atoms. The zero-order valence-corrected chi connectivity index (χ0v) is 16.0. The van der Waals surface area contributed by atoms with Crippen LogP contribution in [0.2, 0.25) is 0 Å². The van der Waals surface area contributed by atoms with Crippen LogP contribution in [0.15, 0.2) is 52.1 Å². The van der Waals surface area contributed by atoms with Crippen molar-refractivity contribution in [1.82, 2.24) is 10.6 Å². The number of aliphatic hydroxyl groups is 1. The third kappa shape index (κ3) is 6.60. The van der Waals surface area contributed by atoms with Crippen molar-refractivity contribution in [3.63, 3.8) is 0 Å². The normalized spacial score (nSPS) is 15.1. The Kier molecular flexibility index (Phi) is 7.67. The van der Waals surface area contributed by atoms with Crippen LogP contribution in [0.5, 0.6) is 5.75 Å². The average Bonchev–Trinajstić information content (AvgIpc) is 3.18. The van der Waals surface area contributed by atoms with Crippen LogP contribution in [0.1, 0.15) is 33.0 Å². The molecule has 1 heterocycles. The van der Waals surface area contributed by atoms with Gasteiger partial charge in [-0.2, -0.15) is 0 Å². The molecule has 2 aromatic rings. The number of ether oxygens (including phenoxy) is 1. The molecule has 2 rings (SSSR count). The van der Waals surface area contributed by atoms with E-state index in [0.717, 1.165) is 6.42 Å². The van der Waals surface area contributed by atoms with E-state index in [1.807, 2.05) is 13.8 Å². The van der Waals surface area contributed by atoms with Crippen molar-refractivity contribution in [2.24, 2.45) is 4.99 Å². The summed E-state index contributed by atoms with van der Waals surface area (Å²) < 4.78 is 24.4. The lowest BCUT2D eigenvalue weighted by Gasteiger charge is -2.22. The van der Waals surface area contributed by atoms with E-state index < -0.39 is 5.60 Å². The van der Waals surface area contributed by atoms with Gasteiger partial charge < -0.3 is 24.9 Å². The second-order valence-corrected chi connectivity index (χ2v) is 6.43. The number of halogens is 1. The van der Waals surface area contributed by atoms with Gasteiger partial charge in [0.2, 0.25) is 0 Å². The van der Waals surface area contributed by atoms with Crippen LogP contribution < -0.4 is 15.4 Å². The summed E-state index contributed by atoms with van der Waals surface area (Å²) in [6.07, 6.45) is 2.11. The van der Waals surface area contributed by atoms with Crippen LogP contribution >= 0.6 is 0 Å². The molecule has 2 atom stereocenters. The van der Waals surface area contributed by atoms with Gasteiger partial charge in [-0.15, -0.1) is 0 Å². The van der Waals surface area contributed by atoms with Crippen LogP contribution in [-0.4, -0.2) is 36.8 Å². The molecule has 0 saturated heterocycles. The summed E-state index contributed by atoms with van der Waals surface area (Å²) in [5.41, 5.74) is -1.20. The zero-order chi connectivity index (χ0) is 19.7. The summed E-state index contributed by atoms with van der Waals surface area (Å²) >= 11 is 0. The lowest BCUT2D eigenvalue weighted by Crippen LogP contribution is -2.43. The van der Waals surface area contributed by atoms with Crippen molar-refractivity contribution in [3.8, 4) is 5.75 Å². The molecule has 0 aliphatic rings. The molecular weight excluding hydrogens is 349 g/mol. The van der Waals surface area contributed by atoms with Crippen LogP contribution in [0, 0.1) is 5.82 Å². The molecule has 0 aliphatic heterocycles. The first-order valence-corrected chi connectivity index (χ1v) is 9.15. The van der Waals surface area contributed by atoms with E-state index >= 15 is 0 Å². The van der Waals surface area contributed by atoms with Gasteiger partial charge in [-0.05, 0) is 44.5 Å². The number of guanidine groups is 1. The van der Waals surface area contributed by atoms with E-state index in [2.05, 4.69) is 15.6 Å². The fourth-order valence-electron chi connectivity index (χ4n) is 2.45. The number of hydrogen-bond donors (Lipinski definition) is 3. The smallest absolute Gasteiger partial charge is 0.191 e. The van der Waals surface area contributed by atoms with E-state index in [9.17, 15) is 9.50 Å². The van der Waals surface area contributed by atoms with E-state index in [-0.39, 0.29) is 18.5 Å². The minimum absolute atomic E-state index is 0.136. The van der Waals surface area contributed by atoms with Crippen molar-refractivity contribution in [3.05, 3.63) is 54.2 Å². The van der Waals surface area contributed by atoms with Crippen molar-refractivity contribution < 1.29 is 18.7 Å². The molecule has 2 unspecified atom stereocenters. The summed E-state index contributed by atoms with van der Waals surface area (Å²) in [6, 6.07) is 9.54. The molecule has 1 aromatic carbocycles. The Labute approximate surface area is 159 Å². The lowest BCUT2D eigenvalue weighted by molar-refractivity contribution is 0.0437. The maximum Gasteiger partial charge on any atom is 0.191 e. The summed E-state index contributed by atoms with van der Waals surface area (Å²) in [7, 11) is 0. The summed E-state index contributed by atoms with van der Waals surface area (Å²) in [4.78, 5) is 4.44. The van der Waals surface area contributed by atoms with Gasteiger partial charge in [0.25, 0.3) is 0 Å². The van der Waals surface area contributed by atoms with Gasteiger partial charge in [-0.1, -0.05) is 13.0 Å². The molecular formula is C20H28FN3O3. The van der Waals surface area contributed by atoms with E-state index in [4.69, 9.17) is 9.15 Å². The highest BCUT2D eigenvalue weighted by molar-refractivity contribution is 5.79. The summed E-state index contributed by atoms with van der Waals surface area (Å²) in [6.45, 7) is 6.91. The highest BCUT2D eigenvalue weighted by Crippen LogP contribution is 2.21. The molecule has 0 fully saturated rings. The van der Waals surface area contributed by atoms with Crippen molar-refractivity contribution in [2.75, 3.05) is 19.6 Å². The maximum atomic E-state index is 13.3. The molecule has 3 N–H and O–H groups in total. The fourth-order valence-corrected chi connectivity index (χ4v) is 2.45. The highest BCUT2D eigenvalue weighted by Gasteiger charge is 2.26. The minimum atomic E-state index is -1.20. The maximum absolute atomic E-state index is 13.3. The number of benzene rings is 1. The fraction of sp³-hybridized carbons (Fsp3) is 0.450. The van der Waals surface area contributed by atoms with Gasteiger partial charge >= 0.3 is 0 Å². The van der Waals surface area contributed by atoms with Crippen molar-refractivity contribution in [2.45, 2.75) is 38.9 Å². The molecule has 0 saturated carbocycles. The van der Waals surface area contributed by atoms with Crippen molar-refractivity contribution in [1.29, 1.82) is 0 Å². The molecule has 0 amide bonds. The SMILES string of the molecule is CCNC(=NCC(C)(O)c1ccco1)NCC(CC)Oc1cccc(F)c1. The van der Waals surface area contributed by atoms with Gasteiger partial charge in [-0.3, -0.25) is 0 Å². The van der Waals surface area contributed by atoms with Gasteiger partial charge in [-0.25, -0.2) is 9.38 Å². The predicted octanol–water partition coefficient (Wildman–Crippen LogP) is 3.04. The Balaban J connectivity index is 1.95. The van der Waals surface area contributed by atoms with E-state index in [1.165, 1.54) is 18.4 Å². The second kappa shape index (κ2) is 9.97. The average molecular weight is 377 g/mol. The van der Waals surface area contributed by atoms with Gasteiger partial charge in [0.15, 0.2) is 5.96 Å².